The monoisotopic (exact) mass is 431 g/mol. The van der Waals surface area contributed by atoms with Crippen LogP contribution in [0.1, 0.15) is 5.69 Å². The first-order chi connectivity index (χ1) is 15.2. The highest BCUT2D eigenvalue weighted by Crippen LogP contribution is 2.35. The van der Waals surface area contributed by atoms with Gasteiger partial charge in [-0.2, -0.15) is 5.10 Å². The Hall–Kier alpha value is -3.58. The van der Waals surface area contributed by atoms with E-state index in [1.807, 2.05) is 36.4 Å². The molecule has 0 saturated carbocycles. The minimum absolute atomic E-state index is 0.147. The Kier molecular flexibility index (Phi) is 4.95. The van der Waals surface area contributed by atoms with Crippen LogP contribution in [0, 0.1) is 5.82 Å². The maximum absolute atomic E-state index is 14.8. The molecule has 3 heterocycles. The summed E-state index contributed by atoms with van der Waals surface area (Å²) in [7, 11) is 1.42. The number of rotatable bonds is 5. The van der Waals surface area contributed by atoms with Crippen LogP contribution in [-0.2, 0) is 13.0 Å². The van der Waals surface area contributed by atoms with Gasteiger partial charge in [0.05, 0.1) is 35.5 Å². The lowest BCUT2D eigenvalue weighted by Crippen LogP contribution is -2.23. The number of methoxy groups -OCH3 is 1. The molecule has 154 valence electrons. The summed E-state index contributed by atoms with van der Waals surface area (Å²) in [6.45, 7) is 0.385. The smallest absolute Gasteiger partial charge is 0.276 e. The van der Waals surface area contributed by atoms with Gasteiger partial charge in [-0.3, -0.25) is 9.78 Å². The molecule has 5 rings (SSSR count). The van der Waals surface area contributed by atoms with Crippen molar-refractivity contribution in [3.8, 4) is 16.9 Å². The lowest BCUT2D eigenvalue weighted by atomic mass is 10.0. The van der Waals surface area contributed by atoms with Crippen LogP contribution in [-0.4, -0.2) is 21.9 Å². The summed E-state index contributed by atoms with van der Waals surface area (Å²) in [5.74, 6) is -0.332. The molecule has 0 fully saturated rings. The lowest BCUT2D eigenvalue weighted by molar-refractivity contribution is 0.387. The quantitative estimate of drug-likeness (QED) is 0.390. The molecular formula is C24H18FN3O2S. The van der Waals surface area contributed by atoms with E-state index in [0.717, 1.165) is 21.3 Å². The van der Waals surface area contributed by atoms with E-state index in [4.69, 9.17) is 4.74 Å². The van der Waals surface area contributed by atoms with Crippen molar-refractivity contribution >= 4 is 32.3 Å². The summed E-state index contributed by atoms with van der Waals surface area (Å²) in [5.41, 5.74) is 2.47. The van der Waals surface area contributed by atoms with E-state index in [2.05, 4.69) is 10.1 Å². The molecule has 2 aromatic carbocycles. The number of ether oxygens (including phenoxy) is 1. The number of aryl methyl sites for hydroxylation is 2. The number of hydrogen-bond acceptors (Lipinski definition) is 5. The largest absolute Gasteiger partial charge is 0.494 e. The van der Waals surface area contributed by atoms with Gasteiger partial charge in [0.25, 0.3) is 5.56 Å². The molecule has 0 atom stereocenters. The van der Waals surface area contributed by atoms with Gasteiger partial charge in [0.15, 0.2) is 11.6 Å². The van der Waals surface area contributed by atoms with Gasteiger partial charge >= 0.3 is 0 Å². The van der Waals surface area contributed by atoms with E-state index in [0.29, 0.717) is 29.5 Å². The molecule has 0 saturated heterocycles. The molecular weight excluding hydrogens is 413 g/mol. The maximum Gasteiger partial charge on any atom is 0.276 e. The van der Waals surface area contributed by atoms with Crippen molar-refractivity contribution in [2.45, 2.75) is 13.0 Å². The van der Waals surface area contributed by atoms with Gasteiger partial charge in [-0.15, -0.1) is 11.3 Å². The summed E-state index contributed by atoms with van der Waals surface area (Å²) in [6, 6.07) is 16.8. The molecule has 0 amide bonds. The molecule has 0 spiro atoms. The average Bonchev–Trinajstić information content (AvgIpc) is 3.23. The van der Waals surface area contributed by atoms with Crippen LogP contribution >= 0.6 is 11.3 Å². The molecule has 0 aliphatic rings. The standard InChI is InChI=1S/C24H18FN3O2S/c1-30-20-8-4-6-17(23(20)25)18-14-31-21-13-26-28(24(29)22(18)21)12-11-16-10-9-15-5-2-3-7-19(15)27-16/h2-10,13-14H,11-12H2,1H3. The van der Waals surface area contributed by atoms with Crippen LogP contribution in [0.2, 0.25) is 0 Å². The fraction of sp³-hybridized carbons (Fsp3) is 0.125. The molecule has 0 bridgehead atoms. The van der Waals surface area contributed by atoms with Crippen molar-refractivity contribution in [2.24, 2.45) is 0 Å². The minimum Gasteiger partial charge on any atom is -0.494 e. The van der Waals surface area contributed by atoms with Crippen molar-refractivity contribution in [3.63, 3.8) is 0 Å². The van der Waals surface area contributed by atoms with Gasteiger partial charge in [-0.05, 0) is 18.2 Å². The number of halogens is 1. The van der Waals surface area contributed by atoms with Gasteiger partial charge in [-0.1, -0.05) is 36.4 Å². The van der Waals surface area contributed by atoms with Crippen LogP contribution in [0.25, 0.3) is 32.1 Å². The van der Waals surface area contributed by atoms with Crippen LogP contribution in [0.15, 0.2) is 71.0 Å². The van der Waals surface area contributed by atoms with Gasteiger partial charge in [0.1, 0.15) is 0 Å². The zero-order valence-electron chi connectivity index (χ0n) is 16.7. The Morgan fingerprint density at radius 3 is 2.81 bits per heavy atom. The first-order valence-electron chi connectivity index (χ1n) is 9.80. The summed E-state index contributed by atoms with van der Waals surface area (Å²) in [4.78, 5) is 17.9. The van der Waals surface area contributed by atoms with Crippen LogP contribution in [0.3, 0.4) is 0 Å². The Labute approximate surface area is 181 Å². The van der Waals surface area contributed by atoms with Crippen LogP contribution in [0.5, 0.6) is 5.75 Å². The van der Waals surface area contributed by atoms with Crippen molar-refractivity contribution in [2.75, 3.05) is 7.11 Å². The molecule has 3 aromatic heterocycles. The number of para-hydroxylation sites is 1. The van der Waals surface area contributed by atoms with E-state index in [9.17, 15) is 9.18 Å². The summed E-state index contributed by atoms with van der Waals surface area (Å²) in [5, 5.41) is 7.65. The second-order valence-corrected chi connectivity index (χ2v) is 8.04. The average molecular weight is 431 g/mol. The molecule has 31 heavy (non-hydrogen) atoms. The summed E-state index contributed by atoms with van der Waals surface area (Å²) < 4.78 is 22.1. The van der Waals surface area contributed by atoms with Crippen LogP contribution < -0.4 is 10.3 Å². The zero-order chi connectivity index (χ0) is 21.4. The highest BCUT2D eigenvalue weighted by Gasteiger charge is 2.18. The number of nitrogens with zero attached hydrogens (tertiary/aromatic N) is 3. The number of benzene rings is 2. The third kappa shape index (κ3) is 3.47. The van der Waals surface area contributed by atoms with Gasteiger partial charge in [0, 0.05) is 34.0 Å². The first kappa shape index (κ1) is 19.4. The SMILES string of the molecule is COc1cccc(-c2csc3cnn(CCc4ccc5ccccc5n4)c(=O)c23)c1F. The molecule has 5 nitrogen and oxygen atoms in total. The summed E-state index contributed by atoms with van der Waals surface area (Å²) >= 11 is 1.37. The van der Waals surface area contributed by atoms with E-state index in [-0.39, 0.29) is 11.3 Å². The van der Waals surface area contributed by atoms with E-state index in [1.54, 1.807) is 29.8 Å². The number of fused-ring (bicyclic) bond motifs is 2. The topological polar surface area (TPSA) is 57.0 Å². The van der Waals surface area contributed by atoms with Gasteiger partial charge in [-0.25, -0.2) is 9.07 Å². The predicted octanol–water partition coefficient (Wildman–Crippen LogP) is 5.06. The maximum atomic E-state index is 14.8. The van der Waals surface area contributed by atoms with Gasteiger partial charge < -0.3 is 4.74 Å². The molecule has 0 N–H and O–H groups in total. The lowest BCUT2D eigenvalue weighted by Gasteiger charge is -2.08. The molecule has 7 heteroatoms. The number of hydrogen-bond donors (Lipinski definition) is 0. The molecule has 0 radical (unpaired) electrons. The fourth-order valence-corrected chi connectivity index (χ4v) is 4.61. The highest BCUT2D eigenvalue weighted by atomic mass is 32.1. The first-order valence-corrected chi connectivity index (χ1v) is 10.7. The van der Waals surface area contributed by atoms with Crippen molar-refractivity contribution in [1.82, 2.24) is 14.8 Å². The van der Waals surface area contributed by atoms with Crippen LogP contribution in [0.4, 0.5) is 4.39 Å². The zero-order valence-corrected chi connectivity index (χ0v) is 17.5. The Morgan fingerprint density at radius 1 is 1.06 bits per heavy atom. The van der Waals surface area contributed by atoms with Crippen molar-refractivity contribution in [1.29, 1.82) is 0 Å². The van der Waals surface area contributed by atoms with Crippen molar-refractivity contribution < 1.29 is 9.13 Å². The van der Waals surface area contributed by atoms with E-state index in [1.165, 1.54) is 23.1 Å². The highest BCUT2D eigenvalue weighted by molar-refractivity contribution is 7.17. The van der Waals surface area contributed by atoms with E-state index >= 15 is 0 Å². The molecule has 0 aliphatic carbocycles. The second-order valence-electron chi connectivity index (χ2n) is 7.13. The Balaban J connectivity index is 1.51. The number of aromatic nitrogens is 3. The fourth-order valence-electron chi connectivity index (χ4n) is 3.69. The van der Waals surface area contributed by atoms with Crippen molar-refractivity contribution in [3.05, 3.63) is 88.0 Å². The third-order valence-electron chi connectivity index (χ3n) is 5.29. The minimum atomic E-state index is -0.479. The normalized spacial score (nSPS) is 11.3. The summed E-state index contributed by atoms with van der Waals surface area (Å²) in [6.07, 6.45) is 2.23. The Bertz CT molecular complexity index is 1480. The van der Waals surface area contributed by atoms with E-state index < -0.39 is 5.82 Å². The number of thiophene rings is 1. The third-order valence-corrected chi connectivity index (χ3v) is 6.21. The molecule has 5 aromatic rings. The Morgan fingerprint density at radius 2 is 1.94 bits per heavy atom. The molecule has 0 aliphatic heterocycles. The number of pyridine rings is 1. The second kappa shape index (κ2) is 7.92. The molecule has 0 unspecified atom stereocenters. The van der Waals surface area contributed by atoms with Gasteiger partial charge in [0.2, 0.25) is 0 Å². The predicted molar refractivity (Wildman–Crippen MR) is 121 cm³/mol.